The summed E-state index contributed by atoms with van der Waals surface area (Å²) in [6.45, 7) is -0.0984. The molecule has 1 N–H and O–H groups in total. The third-order valence-corrected chi connectivity index (χ3v) is 0.968. The molecule has 0 aromatic rings. The highest BCUT2D eigenvalue weighted by Crippen LogP contribution is 1.66. The standard InChI is InChI=1S/C3H4OS2/c4-1-3(6)2-5/h2,4H,1H2. The number of thiocarbonyl (C=S) groups is 2. The summed E-state index contributed by atoms with van der Waals surface area (Å²) in [5.74, 6) is 0. The van der Waals surface area contributed by atoms with Gasteiger partial charge in [0.25, 0.3) is 0 Å². The first-order valence-corrected chi connectivity index (χ1v) is 2.28. The molecule has 0 aliphatic heterocycles. The van der Waals surface area contributed by atoms with Gasteiger partial charge in [0.1, 0.15) is 0 Å². The summed E-state index contributed by atoms with van der Waals surface area (Å²) in [6.07, 6.45) is 0. The van der Waals surface area contributed by atoms with Crippen LogP contribution >= 0.6 is 24.4 Å². The molecule has 0 fully saturated rings. The van der Waals surface area contributed by atoms with Gasteiger partial charge in [-0.1, -0.05) is 24.4 Å². The molecule has 0 radical (unpaired) electrons. The Morgan fingerprint density at radius 2 is 2.33 bits per heavy atom. The van der Waals surface area contributed by atoms with Crippen LogP contribution in [-0.2, 0) is 0 Å². The second-order valence-corrected chi connectivity index (χ2v) is 1.50. The zero-order valence-corrected chi connectivity index (χ0v) is 4.68. The molecule has 34 valence electrons. The molecule has 1 nitrogen and oxygen atoms in total. The smallest absolute Gasteiger partial charge is 0.0791 e. The second kappa shape index (κ2) is 3.33. The van der Waals surface area contributed by atoms with Gasteiger partial charge in [-0.05, 0) is 0 Å². The van der Waals surface area contributed by atoms with Crippen molar-refractivity contribution >= 4 is 34.7 Å². The first-order valence-electron chi connectivity index (χ1n) is 1.40. The molecule has 0 aromatic heterocycles. The maximum absolute atomic E-state index is 8.10. The number of aliphatic hydroxyl groups is 1. The van der Waals surface area contributed by atoms with Gasteiger partial charge in [0, 0.05) is 5.37 Å². The molecule has 0 spiro atoms. The van der Waals surface area contributed by atoms with Crippen LogP contribution in [0, 0.1) is 0 Å². The van der Waals surface area contributed by atoms with Crippen molar-refractivity contribution in [3.63, 3.8) is 0 Å². The normalized spacial score (nSPS) is 7.50. The van der Waals surface area contributed by atoms with E-state index >= 15 is 0 Å². The molecule has 3 heteroatoms. The molecule has 0 aromatic carbocycles. The quantitative estimate of drug-likeness (QED) is 0.531. The van der Waals surface area contributed by atoms with Crippen molar-refractivity contribution in [1.82, 2.24) is 0 Å². The molecule has 0 saturated heterocycles. The topological polar surface area (TPSA) is 20.2 Å². The molecule has 0 bridgehead atoms. The van der Waals surface area contributed by atoms with Crippen molar-refractivity contribution in [2.45, 2.75) is 0 Å². The molecule has 0 aliphatic rings. The van der Waals surface area contributed by atoms with Crippen LogP contribution in [0.3, 0.4) is 0 Å². The Hall–Kier alpha value is 0.140. The van der Waals surface area contributed by atoms with E-state index in [1.54, 1.807) is 0 Å². The minimum absolute atomic E-state index is 0.0984. The van der Waals surface area contributed by atoms with Crippen molar-refractivity contribution in [3.8, 4) is 0 Å². The molecule has 0 amide bonds. The van der Waals surface area contributed by atoms with Crippen molar-refractivity contribution in [3.05, 3.63) is 0 Å². The molecule has 0 atom stereocenters. The lowest BCUT2D eigenvalue weighted by molar-refractivity contribution is 0.361. The minimum atomic E-state index is -0.0984. The first-order chi connectivity index (χ1) is 2.81. The third kappa shape index (κ3) is 2.38. The highest BCUT2D eigenvalue weighted by molar-refractivity contribution is 7.88. The van der Waals surface area contributed by atoms with Crippen LogP contribution in [0.2, 0.25) is 0 Å². The molecule has 0 rings (SSSR count). The maximum Gasteiger partial charge on any atom is 0.0791 e. The first kappa shape index (κ1) is 6.14. The van der Waals surface area contributed by atoms with Crippen LogP contribution in [0.1, 0.15) is 0 Å². The Morgan fingerprint density at radius 1 is 1.83 bits per heavy atom. The highest BCUT2D eigenvalue weighted by atomic mass is 32.1. The van der Waals surface area contributed by atoms with Gasteiger partial charge in [-0.3, -0.25) is 0 Å². The lowest BCUT2D eigenvalue weighted by Gasteiger charge is -1.78. The predicted molar refractivity (Wildman–Crippen MR) is 33.3 cm³/mol. The van der Waals surface area contributed by atoms with E-state index in [2.05, 4.69) is 24.4 Å². The van der Waals surface area contributed by atoms with Gasteiger partial charge in [0.2, 0.25) is 0 Å². The molecular formula is C3H4OS2. The van der Waals surface area contributed by atoms with Gasteiger partial charge >= 0.3 is 0 Å². The molecule has 0 unspecified atom stereocenters. The van der Waals surface area contributed by atoms with Gasteiger partial charge in [-0.25, -0.2) is 0 Å². The third-order valence-electron chi connectivity index (χ3n) is 0.287. The van der Waals surface area contributed by atoms with Gasteiger partial charge < -0.3 is 5.11 Å². The predicted octanol–water partition coefficient (Wildman–Crippen LogP) is 0.348. The Morgan fingerprint density at radius 3 is 2.33 bits per heavy atom. The van der Waals surface area contributed by atoms with Gasteiger partial charge in [0.15, 0.2) is 0 Å². The largest absolute Gasteiger partial charge is 0.391 e. The van der Waals surface area contributed by atoms with E-state index in [1.807, 2.05) is 0 Å². The molecular weight excluding hydrogens is 116 g/mol. The fourth-order valence-electron chi connectivity index (χ4n) is 0.0373. The Bertz CT molecular complexity index is 69.2. The highest BCUT2D eigenvalue weighted by Gasteiger charge is 1.79. The summed E-state index contributed by atoms with van der Waals surface area (Å²) in [7, 11) is 0. The van der Waals surface area contributed by atoms with Gasteiger partial charge in [-0.15, -0.1) is 0 Å². The monoisotopic (exact) mass is 120 g/mol. The van der Waals surface area contributed by atoms with E-state index in [1.165, 1.54) is 5.37 Å². The summed E-state index contributed by atoms with van der Waals surface area (Å²) < 4.78 is 0. The Labute approximate surface area is 47.0 Å². The molecule has 0 saturated carbocycles. The van der Waals surface area contributed by atoms with Crippen molar-refractivity contribution in [2.24, 2.45) is 0 Å². The summed E-state index contributed by atoms with van der Waals surface area (Å²) >= 11 is 8.79. The molecule has 6 heavy (non-hydrogen) atoms. The average Bonchev–Trinajstić information content (AvgIpc) is 1.65. The van der Waals surface area contributed by atoms with E-state index in [9.17, 15) is 0 Å². The fraction of sp³-hybridized carbons (Fsp3) is 0.333. The van der Waals surface area contributed by atoms with Crippen LogP contribution in [0.4, 0.5) is 0 Å². The van der Waals surface area contributed by atoms with Crippen LogP contribution in [0.25, 0.3) is 0 Å². The van der Waals surface area contributed by atoms with Crippen molar-refractivity contribution in [2.75, 3.05) is 6.61 Å². The molecule has 0 heterocycles. The van der Waals surface area contributed by atoms with Gasteiger partial charge in [0.05, 0.1) is 11.5 Å². The summed E-state index contributed by atoms with van der Waals surface area (Å²) in [5, 5.41) is 9.38. The zero-order valence-electron chi connectivity index (χ0n) is 3.05. The van der Waals surface area contributed by atoms with Crippen LogP contribution < -0.4 is 0 Å². The van der Waals surface area contributed by atoms with Crippen LogP contribution in [0.5, 0.6) is 0 Å². The van der Waals surface area contributed by atoms with E-state index < -0.39 is 0 Å². The lowest BCUT2D eigenvalue weighted by Crippen LogP contribution is -1.98. The number of hydrogen-bond acceptors (Lipinski definition) is 3. The Balaban J connectivity index is 3.23. The maximum atomic E-state index is 8.10. The summed E-state index contributed by atoms with van der Waals surface area (Å²) in [5.41, 5.74) is 0. The number of rotatable bonds is 2. The Kier molecular flexibility index (Phi) is 3.41. The van der Waals surface area contributed by atoms with Gasteiger partial charge in [-0.2, -0.15) is 0 Å². The van der Waals surface area contributed by atoms with Crippen LogP contribution in [-0.4, -0.2) is 21.9 Å². The number of aliphatic hydroxyl groups excluding tert-OH is 1. The SMILES string of the molecule is OCC(=S)C=S. The fourth-order valence-corrected chi connectivity index (χ4v) is 0.112. The van der Waals surface area contributed by atoms with E-state index in [0.717, 1.165) is 0 Å². The van der Waals surface area contributed by atoms with Crippen molar-refractivity contribution < 1.29 is 5.11 Å². The minimum Gasteiger partial charge on any atom is -0.391 e. The van der Waals surface area contributed by atoms with E-state index in [4.69, 9.17) is 5.11 Å². The average molecular weight is 120 g/mol. The molecule has 0 aliphatic carbocycles. The van der Waals surface area contributed by atoms with Crippen molar-refractivity contribution in [1.29, 1.82) is 0 Å². The zero-order chi connectivity index (χ0) is 4.99. The van der Waals surface area contributed by atoms with Crippen LogP contribution in [0.15, 0.2) is 0 Å². The summed E-state index contributed by atoms with van der Waals surface area (Å²) in [6, 6.07) is 0. The summed E-state index contributed by atoms with van der Waals surface area (Å²) in [4.78, 5) is 0.421. The number of hydrogen-bond donors (Lipinski definition) is 1. The lowest BCUT2D eigenvalue weighted by atomic mass is 10.5. The van der Waals surface area contributed by atoms with E-state index in [0.29, 0.717) is 4.86 Å². The second-order valence-electron chi connectivity index (χ2n) is 0.742. The van der Waals surface area contributed by atoms with E-state index in [-0.39, 0.29) is 6.61 Å².